The zero-order valence-corrected chi connectivity index (χ0v) is 4.80. The summed E-state index contributed by atoms with van der Waals surface area (Å²) in [7, 11) is 0. The first-order chi connectivity index (χ1) is 3.97. The van der Waals surface area contributed by atoms with Crippen LogP contribution in [0.1, 0.15) is 6.42 Å². The fourth-order valence-electron chi connectivity index (χ4n) is 1.17. The standard InChI is InChI=1S/C6H10O2/c1-2-7-3-5(1)6-4-8-6/h5-6H,1-4H2/t5-,6+/m0/s1. The first kappa shape index (κ1) is 4.77. The first-order valence-corrected chi connectivity index (χ1v) is 3.16. The fraction of sp³-hybridized carbons (Fsp3) is 1.00. The number of rotatable bonds is 1. The van der Waals surface area contributed by atoms with E-state index in [2.05, 4.69) is 0 Å². The summed E-state index contributed by atoms with van der Waals surface area (Å²) in [6.45, 7) is 2.86. The van der Waals surface area contributed by atoms with Crippen LogP contribution in [0.25, 0.3) is 0 Å². The van der Waals surface area contributed by atoms with Crippen molar-refractivity contribution in [1.82, 2.24) is 0 Å². The van der Waals surface area contributed by atoms with Crippen LogP contribution in [0.5, 0.6) is 0 Å². The topological polar surface area (TPSA) is 21.8 Å². The summed E-state index contributed by atoms with van der Waals surface area (Å²) in [5, 5.41) is 0. The summed E-state index contributed by atoms with van der Waals surface area (Å²) in [6, 6.07) is 0. The second kappa shape index (κ2) is 1.71. The molecule has 0 aromatic carbocycles. The van der Waals surface area contributed by atoms with Gasteiger partial charge >= 0.3 is 0 Å². The summed E-state index contributed by atoms with van der Waals surface area (Å²) in [5.74, 6) is 0.731. The van der Waals surface area contributed by atoms with Gasteiger partial charge in [-0.15, -0.1) is 0 Å². The Balaban J connectivity index is 1.86. The molecule has 8 heavy (non-hydrogen) atoms. The molecule has 0 aromatic heterocycles. The third kappa shape index (κ3) is 0.740. The van der Waals surface area contributed by atoms with Gasteiger partial charge < -0.3 is 9.47 Å². The highest BCUT2D eigenvalue weighted by molar-refractivity contribution is 4.81. The molecule has 2 fully saturated rings. The van der Waals surface area contributed by atoms with Gasteiger partial charge in [-0.2, -0.15) is 0 Å². The maximum atomic E-state index is 5.18. The van der Waals surface area contributed by atoms with Gasteiger partial charge in [-0.05, 0) is 6.42 Å². The van der Waals surface area contributed by atoms with Gasteiger partial charge in [-0.3, -0.25) is 0 Å². The van der Waals surface area contributed by atoms with E-state index in [9.17, 15) is 0 Å². The highest BCUT2D eigenvalue weighted by Crippen LogP contribution is 2.26. The Morgan fingerprint density at radius 3 is 2.62 bits per heavy atom. The van der Waals surface area contributed by atoms with E-state index in [0.717, 1.165) is 25.7 Å². The predicted molar refractivity (Wildman–Crippen MR) is 28.7 cm³/mol. The van der Waals surface area contributed by atoms with Crippen LogP contribution >= 0.6 is 0 Å². The van der Waals surface area contributed by atoms with Crippen LogP contribution in [-0.2, 0) is 9.47 Å². The summed E-state index contributed by atoms with van der Waals surface area (Å²) >= 11 is 0. The molecule has 46 valence electrons. The Labute approximate surface area is 48.8 Å². The van der Waals surface area contributed by atoms with Crippen LogP contribution in [0.2, 0.25) is 0 Å². The van der Waals surface area contributed by atoms with Crippen LogP contribution in [0.4, 0.5) is 0 Å². The van der Waals surface area contributed by atoms with Crippen molar-refractivity contribution in [1.29, 1.82) is 0 Å². The lowest BCUT2D eigenvalue weighted by molar-refractivity contribution is 0.178. The number of hydrogen-bond donors (Lipinski definition) is 0. The molecule has 2 saturated heterocycles. The molecular weight excluding hydrogens is 104 g/mol. The largest absolute Gasteiger partial charge is 0.381 e. The smallest absolute Gasteiger partial charge is 0.0860 e. The van der Waals surface area contributed by atoms with Crippen LogP contribution in [0.3, 0.4) is 0 Å². The Morgan fingerprint density at radius 1 is 1.25 bits per heavy atom. The Bertz CT molecular complexity index is 82.5. The molecule has 0 N–H and O–H groups in total. The molecule has 2 heterocycles. The van der Waals surface area contributed by atoms with Gasteiger partial charge in [0.15, 0.2) is 0 Å². The molecule has 0 radical (unpaired) electrons. The van der Waals surface area contributed by atoms with E-state index in [4.69, 9.17) is 9.47 Å². The monoisotopic (exact) mass is 114 g/mol. The van der Waals surface area contributed by atoms with Crippen molar-refractivity contribution in [2.45, 2.75) is 12.5 Å². The van der Waals surface area contributed by atoms with E-state index in [1.54, 1.807) is 0 Å². The fourth-order valence-corrected chi connectivity index (χ4v) is 1.17. The van der Waals surface area contributed by atoms with Crippen LogP contribution < -0.4 is 0 Å². The lowest BCUT2D eigenvalue weighted by Crippen LogP contribution is -2.06. The van der Waals surface area contributed by atoms with E-state index < -0.39 is 0 Å². The zero-order valence-electron chi connectivity index (χ0n) is 4.80. The second-order valence-corrected chi connectivity index (χ2v) is 2.50. The maximum absolute atomic E-state index is 5.18. The summed E-state index contributed by atoms with van der Waals surface area (Å²) < 4.78 is 10.3. The highest BCUT2D eigenvalue weighted by atomic mass is 16.6. The first-order valence-electron chi connectivity index (χ1n) is 3.16. The molecule has 0 unspecified atom stereocenters. The minimum atomic E-state index is 0.567. The SMILES string of the molecule is C1C[C@H]([C@H]2CO2)CO1. The maximum Gasteiger partial charge on any atom is 0.0860 e. The average Bonchev–Trinajstić information content (AvgIpc) is 2.49. The third-order valence-electron chi connectivity index (χ3n) is 1.85. The normalized spacial score (nSPS) is 45.0. The Kier molecular flexibility index (Phi) is 1.02. The molecule has 2 aliphatic rings. The average molecular weight is 114 g/mol. The molecule has 0 saturated carbocycles. The molecule has 0 amide bonds. The van der Waals surface area contributed by atoms with Gasteiger partial charge in [0.25, 0.3) is 0 Å². The number of ether oxygens (including phenoxy) is 2. The Morgan fingerprint density at radius 2 is 2.12 bits per heavy atom. The molecule has 2 nitrogen and oxygen atoms in total. The van der Waals surface area contributed by atoms with Gasteiger partial charge in [0.1, 0.15) is 0 Å². The van der Waals surface area contributed by atoms with Crippen LogP contribution in [0.15, 0.2) is 0 Å². The zero-order chi connectivity index (χ0) is 5.40. The summed E-state index contributed by atoms with van der Waals surface area (Å²) in [4.78, 5) is 0. The van der Waals surface area contributed by atoms with E-state index in [1.165, 1.54) is 6.42 Å². The molecular formula is C6H10O2. The van der Waals surface area contributed by atoms with Gasteiger partial charge in [0.2, 0.25) is 0 Å². The van der Waals surface area contributed by atoms with Crippen molar-refractivity contribution in [3.8, 4) is 0 Å². The van der Waals surface area contributed by atoms with Crippen LogP contribution in [-0.4, -0.2) is 25.9 Å². The number of hydrogen-bond acceptors (Lipinski definition) is 2. The van der Waals surface area contributed by atoms with E-state index >= 15 is 0 Å². The van der Waals surface area contributed by atoms with Crippen molar-refractivity contribution < 1.29 is 9.47 Å². The molecule has 2 heteroatoms. The molecule has 2 atom stereocenters. The van der Waals surface area contributed by atoms with Crippen molar-refractivity contribution in [2.75, 3.05) is 19.8 Å². The van der Waals surface area contributed by atoms with Gasteiger partial charge in [-0.25, -0.2) is 0 Å². The van der Waals surface area contributed by atoms with E-state index in [1.807, 2.05) is 0 Å². The quantitative estimate of drug-likeness (QED) is 0.461. The van der Waals surface area contributed by atoms with Gasteiger partial charge in [0, 0.05) is 12.5 Å². The Hall–Kier alpha value is -0.0800. The van der Waals surface area contributed by atoms with E-state index in [0.29, 0.717) is 6.10 Å². The third-order valence-corrected chi connectivity index (χ3v) is 1.85. The summed E-state index contributed by atoms with van der Waals surface area (Å²) in [5.41, 5.74) is 0. The predicted octanol–water partition coefficient (Wildman–Crippen LogP) is 0.422. The number of epoxide rings is 1. The molecule has 2 aliphatic heterocycles. The van der Waals surface area contributed by atoms with Crippen molar-refractivity contribution in [3.63, 3.8) is 0 Å². The minimum Gasteiger partial charge on any atom is -0.381 e. The lowest BCUT2D eigenvalue weighted by atomic mass is 10.1. The minimum absolute atomic E-state index is 0.567. The van der Waals surface area contributed by atoms with Gasteiger partial charge in [-0.1, -0.05) is 0 Å². The van der Waals surface area contributed by atoms with E-state index in [-0.39, 0.29) is 0 Å². The molecule has 0 aliphatic carbocycles. The van der Waals surface area contributed by atoms with Crippen LogP contribution in [0, 0.1) is 5.92 Å². The lowest BCUT2D eigenvalue weighted by Gasteiger charge is -1.97. The van der Waals surface area contributed by atoms with Crippen molar-refractivity contribution in [3.05, 3.63) is 0 Å². The van der Waals surface area contributed by atoms with Crippen molar-refractivity contribution >= 4 is 0 Å². The summed E-state index contributed by atoms with van der Waals surface area (Å²) in [6.07, 6.45) is 1.78. The molecule has 0 bridgehead atoms. The van der Waals surface area contributed by atoms with Crippen molar-refractivity contribution in [2.24, 2.45) is 5.92 Å². The molecule has 0 aromatic rings. The van der Waals surface area contributed by atoms with Gasteiger partial charge in [0.05, 0.1) is 19.3 Å². The molecule has 2 rings (SSSR count). The second-order valence-electron chi connectivity index (χ2n) is 2.50. The molecule has 0 spiro atoms. The highest BCUT2D eigenvalue weighted by Gasteiger charge is 2.34.